The third-order valence-electron chi connectivity index (χ3n) is 1.08. The maximum Gasteiger partial charge on any atom is 0.0800 e. The van der Waals surface area contributed by atoms with Crippen LogP contribution in [0.25, 0.3) is 0 Å². The number of nitrogens with two attached hydrogens (primary N) is 1. The molecule has 0 saturated heterocycles. The molecule has 1 nitrogen and oxygen atoms in total. The Balaban J connectivity index is 0. The van der Waals surface area contributed by atoms with Crippen molar-refractivity contribution in [1.29, 1.82) is 0 Å². The number of hydrogen-bond acceptors (Lipinski definition) is 1. The van der Waals surface area contributed by atoms with Crippen molar-refractivity contribution < 1.29 is 16.5 Å². The van der Waals surface area contributed by atoms with Crippen molar-refractivity contribution in [2.24, 2.45) is 5.73 Å². The van der Waals surface area contributed by atoms with Gasteiger partial charge in [0.05, 0.1) is 5.50 Å². The summed E-state index contributed by atoms with van der Waals surface area (Å²) in [4.78, 5) is 0. The van der Waals surface area contributed by atoms with Gasteiger partial charge in [-0.3, -0.25) is 0 Å². The minimum Gasteiger partial charge on any atom is -0.315 e. The topological polar surface area (TPSA) is 26.0 Å². The molecule has 1 unspecified atom stereocenters. The largest absolute Gasteiger partial charge is 0.315 e. The predicted octanol–water partition coefficient (Wildman–Crippen LogP) is 2.09. The van der Waals surface area contributed by atoms with Crippen LogP contribution in [0.2, 0.25) is 0 Å². The number of halogens is 1. The summed E-state index contributed by atoms with van der Waals surface area (Å²) in [5.74, 6) is 0. The Morgan fingerprint density at radius 2 is 2.00 bits per heavy atom. The second kappa shape index (κ2) is 8.74. The van der Waals surface area contributed by atoms with E-state index in [-0.39, 0.29) is 22.0 Å². The molecule has 60 valence electrons. The molecule has 0 aliphatic heterocycles. The number of rotatable bonds is 4. The summed E-state index contributed by atoms with van der Waals surface area (Å²) in [6.07, 6.45) is 4.61. The van der Waals surface area contributed by atoms with Gasteiger partial charge in [0.1, 0.15) is 0 Å². The van der Waals surface area contributed by atoms with Gasteiger partial charge in [-0.15, -0.1) is 11.6 Å². The molecule has 0 bridgehead atoms. The molecule has 2 N–H and O–H groups in total. The molecule has 0 amide bonds. The van der Waals surface area contributed by atoms with Gasteiger partial charge in [0, 0.05) is 16.5 Å². The molecule has 9 heavy (non-hydrogen) atoms. The molecule has 0 spiro atoms. The van der Waals surface area contributed by atoms with Crippen molar-refractivity contribution in [1.82, 2.24) is 0 Å². The average molecular weight is 194 g/mol. The quantitative estimate of drug-likeness (QED) is 0.315. The number of unbranched alkanes of at least 4 members (excludes halogenated alkanes) is 2. The van der Waals surface area contributed by atoms with E-state index in [0.717, 1.165) is 6.42 Å². The van der Waals surface area contributed by atoms with Crippen LogP contribution < -0.4 is 5.73 Å². The fourth-order valence-corrected chi connectivity index (χ4v) is 0.744. The molecule has 0 radical (unpaired) electrons. The molecule has 0 aromatic heterocycles. The van der Waals surface area contributed by atoms with E-state index in [1.165, 1.54) is 19.3 Å². The first-order valence-electron chi connectivity index (χ1n) is 3.17. The van der Waals surface area contributed by atoms with E-state index >= 15 is 0 Å². The summed E-state index contributed by atoms with van der Waals surface area (Å²) in [5, 5.41) is 0. The van der Waals surface area contributed by atoms with Crippen LogP contribution in [0.4, 0.5) is 0 Å². The Kier molecular flexibility index (Phi) is 12.1. The van der Waals surface area contributed by atoms with Crippen LogP contribution >= 0.6 is 11.6 Å². The van der Waals surface area contributed by atoms with Gasteiger partial charge >= 0.3 is 0 Å². The molecule has 0 saturated carbocycles. The second-order valence-electron chi connectivity index (χ2n) is 2.01. The fourth-order valence-electron chi connectivity index (χ4n) is 0.589. The minimum absolute atomic E-state index is 0. The zero-order chi connectivity index (χ0) is 6.41. The first-order chi connectivity index (χ1) is 3.77. The number of hydrogen-bond donors (Lipinski definition) is 1. The fraction of sp³-hybridized carbons (Fsp3) is 1.00. The van der Waals surface area contributed by atoms with Crippen molar-refractivity contribution in [3.8, 4) is 0 Å². The number of alkyl halides is 1. The zero-order valence-corrected chi connectivity index (χ0v) is 7.42. The Bertz CT molecular complexity index is 50.3. The molecule has 3 heteroatoms. The normalized spacial score (nSPS) is 12.3. The molecular weight excluding hydrogens is 180 g/mol. The summed E-state index contributed by atoms with van der Waals surface area (Å²) >= 11 is 5.49. The van der Waals surface area contributed by atoms with Crippen LogP contribution in [-0.2, 0) is 16.5 Å². The maximum atomic E-state index is 5.49. The van der Waals surface area contributed by atoms with Crippen molar-refractivity contribution in [2.75, 3.05) is 0 Å². The first-order valence-corrected chi connectivity index (χ1v) is 3.60. The van der Waals surface area contributed by atoms with Crippen LogP contribution in [0.5, 0.6) is 0 Å². The van der Waals surface area contributed by atoms with Crippen LogP contribution in [0, 0.1) is 0 Å². The SMILES string of the molecule is CCCCCC(N)Cl.[Ni]. The van der Waals surface area contributed by atoms with Crippen LogP contribution in [-0.4, -0.2) is 5.50 Å². The Hall–Kier alpha value is 0.744. The van der Waals surface area contributed by atoms with Gasteiger partial charge in [0.25, 0.3) is 0 Å². The van der Waals surface area contributed by atoms with Gasteiger partial charge in [0.15, 0.2) is 0 Å². The third-order valence-corrected chi connectivity index (χ3v) is 1.30. The summed E-state index contributed by atoms with van der Waals surface area (Å²) in [7, 11) is 0. The summed E-state index contributed by atoms with van der Waals surface area (Å²) < 4.78 is 0. The third kappa shape index (κ3) is 12.1. The van der Waals surface area contributed by atoms with Gasteiger partial charge < -0.3 is 5.73 Å². The standard InChI is InChI=1S/C6H14ClN.Ni/c1-2-3-4-5-6(7)8;/h6H,2-5,8H2,1H3;. The van der Waals surface area contributed by atoms with E-state index in [2.05, 4.69) is 6.92 Å². The molecule has 0 heterocycles. The zero-order valence-electron chi connectivity index (χ0n) is 5.68. The molecule has 0 aliphatic rings. The van der Waals surface area contributed by atoms with Crippen molar-refractivity contribution in [3.05, 3.63) is 0 Å². The van der Waals surface area contributed by atoms with Crippen molar-refractivity contribution in [2.45, 2.75) is 38.1 Å². The van der Waals surface area contributed by atoms with Gasteiger partial charge in [0.2, 0.25) is 0 Å². The maximum absolute atomic E-state index is 5.49. The Morgan fingerprint density at radius 3 is 2.33 bits per heavy atom. The summed E-state index contributed by atoms with van der Waals surface area (Å²) in [6.45, 7) is 2.17. The monoisotopic (exact) mass is 193 g/mol. The van der Waals surface area contributed by atoms with E-state index in [0.29, 0.717) is 0 Å². The molecule has 1 atom stereocenters. The van der Waals surface area contributed by atoms with E-state index in [1.54, 1.807) is 0 Å². The summed E-state index contributed by atoms with van der Waals surface area (Å²) in [6, 6.07) is 0. The van der Waals surface area contributed by atoms with Crippen molar-refractivity contribution in [3.63, 3.8) is 0 Å². The van der Waals surface area contributed by atoms with Gasteiger partial charge in [-0.1, -0.05) is 26.2 Å². The average Bonchev–Trinajstić information content (AvgIpc) is 1.66. The molecule has 0 fully saturated rings. The Morgan fingerprint density at radius 1 is 1.44 bits per heavy atom. The Labute approximate surface area is 72.3 Å². The van der Waals surface area contributed by atoms with Gasteiger partial charge in [-0.25, -0.2) is 0 Å². The second-order valence-corrected chi connectivity index (χ2v) is 2.57. The van der Waals surface area contributed by atoms with Gasteiger partial charge in [-0.05, 0) is 6.42 Å². The molecule has 0 aromatic rings. The van der Waals surface area contributed by atoms with E-state index in [4.69, 9.17) is 17.3 Å². The van der Waals surface area contributed by atoms with E-state index in [9.17, 15) is 0 Å². The van der Waals surface area contributed by atoms with E-state index in [1.807, 2.05) is 0 Å². The first kappa shape index (κ1) is 12.4. The molecule has 0 rings (SSSR count). The van der Waals surface area contributed by atoms with Crippen LogP contribution in [0.15, 0.2) is 0 Å². The summed E-state index contributed by atoms with van der Waals surface area (Å²) in [5.41, 5.74) is 5.18. The van der Waals surface area contributed by atoms with E-state index < -0.39 is 0 Å². The van der Waals surface area contributed by atoms with Crippen LogP contribution in [0.1, 0.15) is 32.6 Å². The molecule has 0 aromatic carbocycles. The smallest absolute Gasteiger partial charge is 0.0800 e. The minimum atomic E-state index is -0.124. The van der Waals surface area contributed by atoms with Crippen molar-refractivity contribution >= 4 is 11.6 Å². The molecule has 0 aliphatic carbocycles. The van der Waals surface area contributed by atoms with Crippen LogP contribution in [0.3, 0.4) is 0 Å². The van der Waals surface area contributed by atoms with Gasteiger partial charge in [-0.2, -0.15) is 0 Å². The molecular formula is C6H14ClNNi. The predicted molar refractivity (Wildman–Crippen MR) is 38.0 cm³/mol.